The number of aromatic nitrogens is 2. The SMILES string of the molecule is CNc1c(Cl)ncnc1N1CCN(c2cc(C)ccc2C)CC1. The maximum absolute atomic E-state index is 6.16. The maximum atomic E-state index is 6.16. The van der Waals surface area contributed by atoms with Crippen LogP contribution in [0.1, 0.15) is 11.1 Å². The highest BCUT2D eigenvalue weighted by molar-refractivity contribution is 6.32. The van der Waals surface area contributed by atoms with Gasteiger partial charge >= 0.3 is 0 Å². The first-order valence-corrected chi connectivity index (χ1v) is 8.23. The van der Waals surface area contributed by atoms with Gasteiger partial charge in [0.2, 0.25) is 0 Å². The number of anilines is 3. The van der Waals surface area contributed by atoms with Gasteiger partial charge in [-0.25, -0.2) is 9.97 Å². The van der Waals surface area contributed by atoms with Crippen molar-refractivity contribution < 1.29 is 0 Å². The van der Waals surface area contributed by atoms with E-state index in [0.29, 0.717) is 5.15 Å². The quantitative estimate of drug-likeness (QED) is 0.875. The minimum Gasteiger partial charge on any atom is -0.383 e. The van der Waals surface area contributed by atoms with Crippen LogP contribution >= 0.6 is 11.6 Å². The molecule has 0 bridgehead atoms. The van der Waals surface area contributed by atoms with Gasteiger partial charge in [0.25, 0.3) is 0 Å². The summed E-state index contributed by atoms with van der Waals surface area (Å²) < 4.78 is 0. The molecule has 1 aromatic heterocycles. The van der Waals surface area contributed by atoms with Crippen molar-refractivity contribution in [3.05, 3.63) is 40.8 Å². The first-order chi connectivity index (χ1) is 11.1. The third-order valence-electron chi connectivity index (χ3n) is 4.32. The van der Waals surface area contributed by atoms with Crippen LogP contribution in [0.3, 0.4) is 0 Å². The molecule has 2 aromatic rings. The normalized spacial score (nSPS) is 15.0. The van der Waals surface area contributed by atoms with Gasteiger partial charge in [0.15, 0.2) is 11.0 Å². The number of nitrogens with one attached hydrogen (secondary N) is 1. The fourth-order valence-electron chi connectivity index (χ4n) is 3.03. The molecule has 0 radical (unpaired) electrons. The van der Waals surface area contributed by atoms with E-state index in [-0.39, 0.29) is 0 Å². The fraction of sp³-hybridized carbons (Fsp3) is 0.412. The summed E-state index contributed by atoms with van der Waals surface area (Å²) in [7, 11) is 1.85. The number of hydrogen-bond donors (Lipinski definition) is 1. The molecule has 1 aromatic carbocycles. The molecule has 1 aliphatic rings. The maximum Gasteiger partial charge on any atom is 0.157 e. The van der Waals surface area contributed by atoms with Crippen LogP contribution in [0.5, 0.6) is 0 Å². The summed E-state index contributed by atoms with van der Waals surface area (Å²) >= 11 is 6.16. The molecule has 1 aliphatic heterocycles. The number of hydrogen-bond acceptors (Lipinski definition) is 5. The highest BCUT2D eigenvalue weighted by atomic mass is 35.5. The number of aryl methyl sites for hydroxylation is 2. The van der Waals surface area contributed by atoms with Crippen LogP contribution in [0.25, 0.3) is 0 Å². The second-order valence-electron chi connectivity index (χ2n) is 5.88. The van der Waals surface area contributed by atoms with E-state index in [0.717, 1.165) is 37.7 Å². The van der Waals surface area contributed by atoms with Crippen molar-refractivity contribution in [3.63, 3.8) is 0 Å². The van der Waals surface area contributed by atoms with Gasteiger partial charge in [0.1, 0.15) is 12.0 Å². The smallest absolute Gasteiger partial charge is 0.157 e. The highest BCUT2D eigenvalue weighted by Gasteiger charge is 2.22. The lowest BCUT2D eigenvalue weighted by atomic mass is 10.1. The highest BCUT2D eigenvalue weighted by Crippen LogP contribution is 2.30. The van der Waals surface area contributed by atoms with E-state index in [2.05, 4.69) is 57.1 Å². The van der Waals surface area contributed by atoms with Gasteiger partial charge in [0.05, 0.1) is 0 Å². The Labute approximate surface area is 142 Å². The van der Waals surface area contributed by atoms with Crippen molar-refractivity contribution in [2.24, 2.45) is 0 Å². The molecule has 0 spiro atoms. The third-order valence-corrected chi connectivity index (χ3v) is 4.60. The Bertz CT molecular complexity index is 695. The number of benzene rings is 1. The van der Waals surface area contributed by atoms with Crippen LogP contribution in [0.4, 0.5) is 17.2 Å². The summed E-state index contributed by atoms with van der Waals surface area (Å²) in [6.45, 7) is 8.07. The second-order valence-corrected chi connectivity index (χ2v) is 6.24. The van der Waals surface area contributed by atoms with Gasteiger partial charge in [0, 0.05) is 38.9 Å². The molecular formula is C17H22ClN5. The van der Waals surface area contributed by atoms with Crippen LogP contribution < -0.4 is 15.1 Å². The largest absolute Gasteiger partial charge is 0.383 e. The van der Waals surface area contributed by atoms with Crippen LogP contribution in [0.15, 0.2) is 24.5 Å². The predicted molar refractivity (Wildman–Crippen MR) is 96.9 cm³/mol. The summed E-state index contributed by atoms with van der Waals surface area (Å²) in [5.41, 5.74) is 4.76. The lowest BCUT2D eigenvalue weighted by molar-refractivity contribution is 0.646. The van der Waals surface area contributed by atoms with Crippen LogP contribution in [-0.2, 0) is 0 Å². The molecule has 2 heterocycles. The van der Waals surface area contributed by atoms with Gasteiger partial charge < -0.3 is 15.1 Å². The van der Waals surface area contributed by atoms with Gasteiger partial charge in [-0.15, -0.1) is 0 Å². The van der Waals surface area contributed by atoms with Crippen molar-refractivity contribution >= 4 is 28.8 Å². The van der Waals surface area contributed by atoms with Crippen molar-refractivity contribution in [2.75, 3.05) is 48.3 Å². The summed E-state index contributed by atoms with van der Waals surface area (Å²) in [5, 5.41) is 3.58. The van der Waals surface area contributed by atoms with Crippen molar-refractivity contribution in [3.8, 4) is 0 Å². The lowest BCUT2D eigenvalue weighted by Gasteiger charge is -2.38. The van der Waals surface area contributed by atoms with Crippen molar-refractivity contribution in [2.45, 2.75) is 13.8 Å². The van der Waals surface area contributed by atoms with E-state index in [1.807, 2.05) is 7.05 Å². The molecule has 1 N–H and O–H groups in total. The van der Waals surface area contributed by atoms with Crippen LogP contribution in [0.2, 0.25) is 5.15 Å². The van der Waals surface area contributed by atoms with E-state index >= 15 is 0 Å². The minimum atomic E-state index is 0.467. The third kappa shape index (κ3) is 3.20. The molecule has 0 unspecified atom stereocenters. The molecule has 5 nitrogen and oxygen atoms in total. The Morgan fingerprint density at radius 3 is 2.43 bits per heavy atom. The average molecular weight is 332 g/mol. The molecule has 3 rings (SSSR count). The Kier molecular flexibility index (Phi) is 4.57. The molecule has 1 fully saturated rings. The topological polar surface area (TPSA) is 44.3 Å². The minimum absolute atomic E-state index is 0.467. The molecule has 0 saturated carbocycles. The summed E-state index contributed by atoms with van der Waals surface area (Å²) in [4.78, 5) is 13.2. The second kappa shape index (κ2) is 6.62. The molecule has 6 heteroatoms. The molecule has 0 aliphatic carbocycles. The zero-order valence-electron chi connectivity index (χ0n) is 13.8. The molecular weight excluding hydrogens is 310 g/mol. The first kappa shape index (κ1) is 15.9. The summed E-state index contributed by atoms with van der Waals surface area (Å²) in [6, 6.07) is 6.63. The number of rotatable bonds is 3. The van der Waals surface area contributed by atoms with E-state index in [1.54, 1.807) is 0 Å². The molecule has 1 saturated heterocycles. The standard InChI is InChI=1S/C17H22ClN5/c1-12-4-5-13(2)14(10-12)22-6-8-23(9-7-22)17-15(19-3)16(18)20-11-21-17/h4-5,10-11,19H,6-9H2,1-3H3. The number of nitrogens with zero attached hydrogens (tertiary/aromatic N) is 4. The lowest BCUT2D eigenvalue weighted by Crippen LogP contribution is -2.47. The summed E-state index contributed by atoms with van der Waals surface area (Å²) in [6.07, 6.45) is 1.52. The van der Waals surface area contributed by atoms with E-state index in [4.69, 9.17) is 11.6 Å². The molecule has 23 heavy (non-hydrogen) atoms. The van der Waals surface area contributed by atoms with Crippen LogP contribution in [0, 0.1) is 13.8 Å². The Balaban J connectivity index is 1.76. The molecule has 0 amide bonds. The van der Waals surface area contributed by atoms with Crippen molar-refractivity contribution in [1.29, 1.82) is 0 Å². The Morgan fingerprint density at radius 2 is 1.74 bits per heavy atom. The Morgan fingerprint density at radius 1 is 1.04 bits per heavy atom. The van der Waals surface area contributed by atoms with E-state index < -0.39 is 0 Å². The fourth-order valence-corrected chi connectivity index (χ4v) is 3.25. The van der Waals surface area contributed by atoms with E-state index in [9.17, 15) is 0 Å². The molecule has 122 valence electrons. The van der Waals surface area contributed by atoms with Gasteiger partial charge in [-0.1, -0.05) is 23.7 Å². The van der Waals surface area contributed by atoms with Gasteiger partial charge in [-0.05, 0) is 31.0 Å². The monoisotopic (exact) mass is 331 g/mol. The van der Waals surface area contributed by atoms with Crippen molar-refractivity contribution in [1.82, 2.24) is 9.97 Å². The Hall–Kier alpha value is -2.01. The van der Waals surface area contributed by atoms with Gasteiger partial charge in [-0.3, -0.25) is 0 Å². The predicted octanol–water partition coefficient (Wildman–Crippen LogP) is 3.12. The van der Waals surface area contributed by atoms with Gasteiger partial charge in [-0.2, -0.15) is 0 Å². The average Bonchev–Trinajstić information content (AvgIpc) is 2.57. The zero-order valence-corrected chi connectivity index (χ0v) is 14.6. The first-order valence-electron chi connectivity index (χ1n) is 7.85. The molecule has 0 atom stereocenters. The number of piperazine rings is 1. The van der Waals surface area contributed by atoms with E-state index in [1.165, 1.54) is 23.1 Å². The zero-order chi connectivity index (χ0) is 16.4. The van der Waals surface area contributed by atoms with Crippen LogP contribution in [-0.4, -0.2) is 43.2 Å². The summed E-state index contributed by atoms with van der Waals surface area (Å²) in [5.74, 6) is 0.883. The number of halogens is 1.